The van der Waals surface area contributed by atoms with E-state index in [2.05, 4.69) is 36.1 Å². The van der Waals surface area contributed by atoms with Gasteiger partial charge >= 0.3 is 0 Å². The lowest BCUT2D eigenvalue weighted by molar-refractivity contribution is 0.415. The minimum atomic E-state index is 0.290. The summed E-state index contributed by atoms with van der Waals surface area (Å²) in [4.78, 5) is 9.19. The van der Waals surface area contributed by atoms with Crippen LogP contribution in [0, 0.1) is 0 Å². The smallest absolute Gasteiger partial charge is 0.133 e. The summed E-state index contributed by atoms with van der Waals surface area (Å²) in [7, 11) is 1.67. The maximum absolute atomic E-state index is 5.27. The first-order valence-corrected chi connectivity index (χ1v) is 6.91. The van der Waals surface area contributed by atoms with Gasteiger partial charge in [0.2, 0.25) is 0 Å². The average molecular weight is 271 g/mol. The topological polar surface area (TPSA) is 47.0 Å². The molecule has 0 atom stereocenters. The minimum Gasteiger partial charge on any atom is -0.497 e. The van der Waals surface area contributed by atoms with Gasteiger partial charge in [-0.3, -0.25) is 0 Å². The van der Waals surface area contributed by atoms with Crippen molar-refractivity contribution < 1.29 is 4.74 Å². The van der Waals surface area contributed by atoms with Crippen LogP contribution in [-0.4, -0.2) is 23.6 Å². The van der Waals surface area contributed by atoms with Gasteiger partial charge < -0.3 is 10.1 Å². The van der Waals surface area contributed by atoms with Crippen molar-refractivity contribution in [1.29, 1.82) is 0 Å². The van der Waals surface area contributed by atoms with Gasteiger partial charge in [0.15, 0.2) is 0 Å². The highest BCUT2D eigenvalue weighted by Gasteiger charge is 2.09. The lowest BCUT2D eigenvalue weighted by Gasteiger charge is -2.11. The molecular weight excluding hydrogens is 250 g/mol. The number of methoxy groups -OCH3 is 1. The Balaban J connectivity index is 2.48. The first-order chi connectivity index (χ1) is 9.63. The molecule has 4 nitrogen and oxygen atoms in total. The van der Waals surface area contributed by atoms with Crippen LogP contribution in [0.4, 0.5) is 5.82 Å². The zero-order chi connectivity index (χ0) is 14.5. The van der Waals surface area contributed by atoms with Gasteiger partial charge in [-0.1, -0.05) is 26.0 Å². The van der Waals surface area contributed by atoms with Crippen molar-refractivity contribution in [3.05, 3.63) is 36.2 Å². The highest BCUT2D eigenvalue weighted by Crippen LogP contribution is 2.25. The van der Waals surface area contributed by atoms with Gasteiger partial charge in [0, 0.05) is 24.1 Å². The third kappa shape index (κ3) is 3.26. The molecule has 0 saturated carbocycles. The molecule has 2 rings (SSSR count). The number of anilines is 1. The summed E-state index contributed by atoms with van der Waals surface area (Å²) in [5.41, 5.74) is 1.95. The maximum Gasteiger partial charge on any atom is 0.133 e. The SMILES string of the molecule is CCNc1cc(-c2cccc(OC)c2)nc(C(C)C)n1. The third-order valence-corrected chi connectivity index (χ3v) is 2.98. The molecule has 20 heavy (non-hydrogen) atoms. The molecule has 0 aliphatic carbocycles. The molecule has 0 fully saturated rings. The summed E-state index contributed by atoms with van der Waals surface area (Å²) in [5.74, 6) is 2.83. The Morgan fingerprint density at radius 2 is 2.00 bits per heavy atom. The Morgan fingerprint density at radius 3 is 2.65 bits per heavy atom. The van der Waals surface area contributed by atoms with Crippen LogP contribution in [0.5, 0.6) is 5.75 Å². The summed E-state index contributed by atoms with van der Waals surface area (Å²) in [5, 5.41) is 3.26. The third-order valence-electron chi connectivity index (χ3n) is 2.98. The second-order valence-electron chi connectivity index (χ2n) is 4.91. The van der Waals surface area contributed by atoms with Crippen molar-refractivity contribution in [2.45, 2.75) is 26.7 Å². The second-order valence-corrected chi connectivity index (χ2v) is 4.91. The van der Waals surface area contributed by atoms with E-state index in [1.165, 1.54) is 0 Å². The number of hydrogen-bond donors (Lipinski definition) is 1. The van der Waals surface area contributed by atoms with Crippen molar-refractivity contribution in [3.63, 3.8) is 0 Å². The fraction of sp³-hybridized carbons (Fsp3) is 0.375. The average Bonchev–Trinajstić information content (AvgIpc) is 2.47. The number of aromatic nitrogens is 2. The van der Waals surface area contributed by atoms with Gasteiger partial charge in [-0.15, -0.1) is 0 Å². The standard InChI is InChI=1S/C16H21N3O/c1-5-17-15-10-14(18-16(19-15)11(2)3)12-7-6-8-13(9-12)20-4/h6-11H,5H2,1-4H3,(H,17,18,19). The lowest BCUT2D eigenvalue weighted by atomic mass is 10.1. The summed E-state index contributed by atoms with van der Waals surface area (Å²) in [6.07, 6.45) is 0. The molecule has 1 N–H and O–H groups in total. The van der Waals surface area contributed by atoms with Crippen LogP contribution in [0.25, 0.3) is 11.3 Å². The van der Waals surface area contributed by atoms with Crippen LogP contribution in [0.3, 0.4) is 0 Å². The highest BCUT2D eigenvalue weighted by atomic mass is 16.5. The van der Waals surface area contributed by atoms with Crippen molar-refractivity contribution in [2.24, 2.45) is 0 Å². The number of hydrogen-bond acceptors (Lipinski definition) is 4. The molecule has 0 bridgehead atoms. The molecule has 0 saturated heterocycles. The van der Waals surface area contributed by atoms with Gasteiger partial charge in [-0.25, -0.2) is 9.97 Å². The zero-order valence-electron chi connectivity index (χ0n) is 12.5. The van der Waals surface area contributed by atoms with Gasteiger partial charge in [0.05, 0.1) is 12.8 Å². The summed E-state index contributed by atoms with van der Waals surface area (Å²) >= 11 is 0. The Kier molecular flexibility index (Phi) is 4.56. The molecule has 1 heterocycles. The molecule has 0 aliphatic heterocycles. The molecule has 0 radical (unpaired) electrons. The van der Waals surface area contributed by atoms with Crippen molar-refractivity contribution in [3.8, 4) is 17.0 Å². The number of benzene rings is 1. The zero-order valence-corrected chi connectivity index (χ0v) is 12.5. The molecule has 1 aromatic carbocycles. The van der Waals surface area contributed by atoms with Crippen LogP contribution in [0.15, 0.2) is 30.3 Å². The quantitative estimate of drug-likeness (QED) is 0.900. The predicted molar refractivity (Wildman–Crippen MR) is 82.3 cm³/mol. The van der Waals surface area contributed by atoms with Crippen LogP contribution < -0.4 is 10.1 Å². The van der Waals surface area contributed by atoms with E-state index < -0.39 is 0 Å². The van der Waals surface area contributed by atoms with Crippen molar-refractivity contribution in [2.75, 3.05) is 19.0 Å². The fourth-order valence-corrected chi connectivity index (χ4v) is 1.93. The first kappa shape index (κ1) is 14.3. The Labute approximate surface area is 120 Å². The van der Waals surface area contributed by atoms with E-state index in [-0.39, 0.29) is 5.92 Å². The van der Waals surface area contributed by atoms with Crippen molar-refractivity contribution in [1.82, 2.24) is 9.97 Å². The molecular formula is C16H21N3O. The molecule has 106 valence electrons. The number of ether oxygens (including phenoxy) is 1. The molecule has 0 unspecified atom stereocenters. The van der Waals surface area contributed by atoms with Crippen molar-refractivity contribution >= 4 is 5.82 Å². The molecule has 0 spiro atoms. The van der Waals surface area contributed by atoms with E-state index in [1.807, 2.05) is 30.3 Å². The van der Waals surface area contributed by atoms with E-state index in [4.69, 9.17) is 4.74 Å². The van der Waals surface area contributed by atoms with Crippen LogP contribution in [-0.2, 0) is 0 Å². The first-order valence-electron chi connectivity index (χ1n) is 6.91. The minimum absolute atomic E-state index is 0.290. The Morgan fingerprint density at radius 1 is 1.20 bits per heavy atom. The fourth-order valence-electron chi connectivity index (χ4n) is 1.93. The van der Waals surface area contributed by atoms with Gasteiger partial charge in [0.1, 0.15) is 17.4 Å². The second kappa shape index (κ2) is 6.37. The van der Waals surface area contributed by atoms with Gasteiger partial charge in [-0.2, -0.15) is 0 Å². The number of nitrogens with zero attached hydrogens (tertiary/aromatic N) is 2. The summed E-state index contributed by atoms with van der Waals surface area (Å²) < 4.78 is 5.27. The highest BCUT2D eigenvalue weighted by molar-refractivity contribution is 5.64. The van der Waals surface area contributed by atoms with Crippen LogP contribution in [0.1, 0.15) is 32.5 Å². The largest absolute Gasteiger partial charge is 0.497 e. The van der Waals surface area contributed by atoms with E-state index in [9.17, 15) is 0 Å². The van der Waals surface area contributed by atoms with E-state index in [1.54, 1.807) is 7.11 Å². The normalized spacial score (nSPS) is 10.7. The summed E-state index contributed by atoms with van der Waals surface area (Å²) in [6.45, 7) is 7.09. The number of nitrogens with one attached hydrogen (secondary N) is 1. The molecule has 2 aromatic rings. The Bertz CT molecular complexity index is 582. The van der Waals surface area contributed by atoms with Crippen LogP contribution in [0.2, 0.25) is 0 Å². The summed E-state index contributed by atoms with van der Waals surface area (Å²) in [6, 6.07) is 9.90. The Hall–Kier alpha value is -2.10. The van der Waals surface area contributed by atoms with Crippen LogP contribution >= 0.6 is 0 Å². The number of rotatable bonds is 5. The van der Waals surface area contributed by atoms with E-state index in [0.717, 1.165) is 35.2 Å². The van der Waals surface area contributed by atoms with E-state index in [0.29, 0.717) is 0 Å². The van der Waals surface area contributed by atoms with Gasteiger partial charge in [0.25, 0.3) is 0 Å². The predicted octanol–water partition coefficient (Wildman–Crippen LogP) is 3.71. The monoisotopic (exact) mass is 271 g/mol. The van der Waals surface area contributed by atoms with E-state index >= 15 is 0 Å². The maximum atomic E-state index is 5.27. The molecule has 1 aromatic heterocycles. The van der Waals surface area contributed by atoms with Gasteiger partial charge in [-0.05, 0) is 19.1 Å². The lowest BCUT2D eigenvalue weighted by Crippen LogP contribution is -2.05. The molecule has 0 aliphatic rings. The molecule has 0 amide bonds. The molecule has 4 heteroatoms.